The van der Waals surface area contributed by atoms with E-state index in [4.69, 9.17) is 0 Å². The molecule has 0 radical (unpaired) electrons. The number of halogens is 1. The lowest BCUT2D eigenvalue weighted by Gasteiger charge is -2.26. The highest BCUT2D eigenvalue weighted by molar-refractivity contribution is 5.85. The molecule has 1 heterocycles. The van der Waals surface area contributed by atoms with E-state index in [9.17, 15) is 4.79 Å². The Kier molecular flexibility index (Phi) is 6.50. The third-order valence-corrected chi connectivity index (χ3v) is 3.92. The molecule has 112 valence electrons. The predicted molar refractivity (Wildman–Crippen MR) is 85.3 cm³/mol. The van der Waals surface area contributed by atoms with Gasteiger partial charge >= 0.3 is 0 Å². The van der Waals surface area contributed by atoms with Crippen LogP contribution in [0.4, 0.5) is 0 Å². The normalized spacial score (nSPS) is 18.4. The number of amides is 1. The molecule has 1 aliphatic rings. The third kappa shape index (κ3) is 4.80. The van der Waals surface area contributed by atoms with Crippen molar-refractivity contribution >= 4 is 18.3 Å². The predicted octanol–water partition coefficient (Wildman–Crippen LogP) is 2.50. The van der Waals surface area contributed by atoms with E-state index >= 15 is 0 Å². The van der Waals surface area contributed by atoms with Gasteiger partial charge < -0.3 is 10.6 Å². The molecule has 4 heteroatoms. The van der Waals surface area contributed by atoms with Crippen molar-refractivity contribution in [3.63, 3.8) is 0 Å². The van der Waals surface area contributed by atoms with E-state index in [-0.39, 0.29) is 23.7 Å². The van der Waals surface area contributed by atoms with Gasteiger partial charge in [0, 0.05) is 18.4 Å². The zero-order chi connectivity index (χ0) is 13.7. The SMILES string of the molecule is CC(C)(CNC(=O)CC1CCNC1)c1ccccc1.Cl. The Morgan fingerprint density at radius 3 is 2.65 bits per heavy atom. The summed E-state index contributed by atoms with van der Waals surface area (Å²) in [5.41, 5.74) is 1.24. The zero-order valence-corrected chi connectivity index (χ0v) is 13.1. The van der Waals surface area contributed by atoms with Crippen LogP contribution >= 0.6 is 12.4 Å². The quantitative estimate of drug-likeness (QED) is 0.876. The van der Waals surface area contributed by atoms with Crippen LogP contribution in [-0.4, -0.2) is 25.5 Å². The Labute approximate surface area is 127 Å². The van der Waals surface area contributed by atoms with Crippen molar-refractivity contribution < 1.29 is 4.79 Å². The number of hydrogen-bond donors (Lipinski definition) is 2. The molecule has 1 atom stereocenters. The molecule has 20 heavy (non-hydrogen) atoms. The third-order valence-electron chi connectivity index (χ3n) is 3.92. The molecule has 0 aromatic heterocycles. The number of carbonyl (C=O) groups is 1. The molecule has 1 aromatic carbocycles. The summed E-state index contributed by atoms with van der Waals surface area (Å²) < 4.78 is 0. The topological polar surface area (TPSA) is 41.1 Å². The molecule has 1 amide bonds. The first-order chi connectivity index (χ1) is 9.08. The fourth-order valence-electron chi connectivity index (χ4n) is 2.53. The maximum Gasteiger partial charge on any atom is 0.220 e. The van der Waals surface area contributed by atoms with Crippen molar-refractivity contribution in [1.82, 2.24) is 10.6 Å². The van der Waals surface area contributed by atoms with Crippen LogP contribution in [-0.2, 0) is 10.2 Å². The molecule has 1 aliphatic heterocycles. The van der Waals surface area contributed by atoms with Gasteiger partial charge in [0.05, 0.1) is 0 Å². The maximum atomic E-state index is 11.9. The second kappa shape index (κ2) is 7.65. The standard InChI is InChI=1S/C16H24N2O.ClH/c1-16(2,14-6-4-3-5-7-14)12-18-15(19)10-13-8-9-17-11-13;/h3-7,13,17H,8-12H2,1-2H3,(H,18,19);1H. The second-order valence-corrected chi connectivity index (χ2v) is 6.09. The van der Waals surface area contributed by atoms with E-state index in [0.29, 0.717) is 18.9 Å². The number of rotatable bonds is 5. The first-order valence-electron chi connectivity index (χ1n) is 7.11. The molecular formula is C16H25ClN2O. The number of nitrogens with one attached hydrogen (secondary N) is 2. The molecule has 1 aromatic rings. The van der Waals surface area contributed by atoms with Crippen molar-refractivity contribution in [3.05, 3.63) is 35.9 Å². The Morgan fingerprint density at radius 2 is 2.05 bits per heavy atom. The van der Waals surface area contributed by atoms with E-state index in [1.54, 1.807) is 0 Å². The number of benzene rings is 1. The minimum Gasteiger partial charge on any atom is -0.355 e. The first-order valence-corrected chi connectivity index (χ1v) is 7.11. The highest BCUT2D eigenvalue weighted by Gasteiger charge is 2.23. The van der Waals surface area contributed by atoms with Crippen LogP contribution in [0.25, 0.3) is 0 Å². The van der Waals surface area contributed by atoms with Gasteiger partial charge in [0.15, 0.2) is 0 Å². The summed E-state index contributed by atoms with van der Waals surface area (Å²) in [5, 5.41) is 6.38. The Hall–Kier alpha value is -1.06. The second-order valence-electron chi connectivity index (χ2n) is 6.09. The van der Waals surface area contributed by atoms with E-state index < -0.39 is 0 Å². The largest absolute Gasteiger partial charge is 0.355 e. The molecule has 0 spiro atoms. The van der Waals surface area contributed by atoms with Gasteiger partial charge in [0.25, 0.3) is 0 Å². The van der Waals surface area contributed by atoms with Crippen LogP contribution in [0.3, 0.4) is 0 Å². The van der Waals surface area contributed by atoms with Gasteiger partial charge in [0.1, 0.15) is 0 Å². The molecule has 1 fully saturated rings. The van der Waals surface area contributed by atoms with Gasteiger partial charge in [-0.15, -0.1) is 12.4 Å². The Balaban J connectivity index is 0.00000200. The van der Waals surface area contributed by atoms with Crippen molar-refractivity contribution in [2.24, 2.45) is 5.92 Å². The van der Waals surface area contributed by atoms with Gasteiger partial charge in [-0.3, -0.25) is 4.79 Å². The molecule has 1 saturated heterocycles. The minimum absolute atomic E-state index is 0. The highest BCUT2D eigenvalue weighted by atomic mass is 35.5. The number of carbonyl (C=O) groups excluding carboxylic acids is 1. The fraction of sp³-hybridized carbons (Fsp3) is 0.562. The molecule has 0 aliphatic carbocycles. The van der Waals surface area contributed by atoms with Crippen molar-refractivity contribution in [3.8, 4) is 0 Å². The van der Waals surface area contributed by atoms with Crippen molar-refractivity contribution in [2.45, 2.75) is 32.1 Å². The van der Waals surface area contributed by atoms with Crippen LogP contribution < -0.4 is 10.6 Å². The molecule has 3 nitrogen and oxygen atoms in total. The Bertz CT molecular complexity index is 414. The summed E-state index contributed by atoms with van der Waals surface area (Å²) in [5.74, 6) is 0.692. The lowest BCUT2D eigenvalue weighted by molar-refractivity contribution is -0.122. The highest BCUT2D eigenvalue weighted by Crippen LogP contribution is 2.22. The number of hydrogen-bond acceptors (Lipinski definition) is 2. The summed E-state index contributed by atoms with van der Waals surface area (Å²) >= 11 is 0. The van der Waals surface area contributed by atoms with Crippen LogP contribution in [0.1, 0.15) is 32.3 Å². The molecule has 2 rings (SSSR count). The molecule has 2 N–H and O–H groups in total. The van der Waals surface area contributed by atoms with Gasteiger partial charge in [-0.25, -0.2) is 0 Å². The van der Waals surface area contributed by atoms with Gasteiger partial charge in [-0.1, -0.05) is 44.2 Å². The molecule has 1 unspecified atom stereocenters. The van der Waals surface area contributed by atoms with Gasteiger partial charge in [-0.05, 0) is 31.0 Å². The van der Waals surface area contributed by atoms with E-state index in [1.807, 2.05) is 18.2 Å². The maximum absolute atomic E-state index is 11.9. The van der Waals surface area contributed by atoms with E-state index in [0.717, 1.165) is 19.5 Å². The minimum atomic E-state index is -0.0230. The smallest absolute Gasteiger partial charge is 0.220 e. The lowest BCUT2D eigenvalue weighted by Crippen LogP contribution is -2.37. The van der Waals surface area contributed by atoms with E-state index in [1.165, 1.54) is 5.56 Å². The van der Waals surface area contributed by atoms with Gasteiger partial charge in [0.2, 0.25) is 5.91 Å². The average Bonchev–Trinajstić information content (AvgIpc) is 2.90. The Morgan fingerprint density at radius 1 is 1.35 bits per heavy atom. The van der Waals surface area contributed by atoms with Crippen LogP contribution in [0.15, 0.2) is 30.3 Å². The lowest BCUT2D eigenvalue weighted by atomic mass is 9.84. The molecule has 0 saturated carbocycles. The monoisotopic (exact) mass is 296 g/mol. The summed E-state index contributed by atoms with van der Waals surface area (Å²) in [6.07, 6.45) is 1.77. The van der Waals surface area contributed by atoms with Gasteiger partial charge in [-0.2, -0.15) is 0 Å². The molecular weight excluding hydrogens is 272 g/mol. The fourth-order valence-corrected chi connectivity index (χ4v) is 2.53. The van der Waals surface area contributed by atoms with Crippen LogP contribution in [0.2, 0.25) is 0 Å². The van der Waals surface area contributed by atoms with Crippen molar-refractivity contribution in [1.29, 1.82) is 0 Å². The van der Waals surface area contributed by atoms with Crippen LogP contribution in [0, 0.1) is 5.92 Å². The summed E-state index contributed by atoms with van der Waals surface area (Å²) in [4.78, 5) is 11.9. The van der Waals surface area contributed by atoms with Crippen molar-refractivity contribution in [2.75, 3.05) is 19.6 Å². The summed E-state index contributed by atoms with van der Waals surface area (Å²) in [6, 6.07) is 10.3. The van der Waals surface area contributed by atoms with Crippen LogP contribution in [0.5, 0.6) is 0 Å². The first kappa shape index (κ1) is 17.0. The average molecular weight is 297 g/mol. The summed E-state index contributed by atoms with van der Waals surface area (Å²) in [6.45, 7) is 7.05. The zero-order valence-electron chi connectivity index (χ0n) is 12.3. The van der Waals surface area contributed by atoms with E-state index in [2.05, 4.69) is 36.6 Å². The molecule has 0 bridgehead atoms. The summed E-state index contributed by atoms with van der Waals surface area (Å²) in [7, 11) is 0.